The summed E-state index contributed by atoms with van der Waals surface area (Å²) in [5, 5.41) is 2.79. The summed E-state index contributed by atoms with van der Waals surface area (Å²) in [4.78, 5) is 16.2. The Kier molecular flexibility index (Phi) is 3.90. The quantitative estimate of drug-likeness (QED) is 0.919. The number of benzene rings is 1. The second-order valence-corrected chi connectivity index (χ2v) is 4.41. The fraction of sp³-hybridized carbons (Fsp3) is 0.200. The minimum Gasteiger partial charge on any atom is -0.346 e. The minimum atomic E-state index is -0.338. The van der Waals surface area contributed by atoms with E-state index in [2.05, 4.69) is 10.3 Å². The van der Waals surface area contributed by atoms with Crippen LogP contribution in [0.25, 0.3) is 0 Å². The number of carbonyl (C=O) groups excluding carboxylic acids is 1. The van der Waals surface area contributed by atoms with Gasteiger partial charge in [-0.1, -0.05) is 6.07 Å². The molecule has 19 heavy (non-hydrogen) atoms. The maximum atomic E-state index is 13.0. The number of hydrogen-bond acceptors (Lipinski definition) is 2. The largest absolute Gasteiger partial charge is 0.346 e. The number of amides is 1. The van der Waals surface area contributed by atoms with Gasteiger partial charge in [-0.3, -0.25) is 9.78 Å². The molecule has 1 aromatic carbocycles. The lowest BCUT2D eigenvalue weighted by molar-refractivity contribution is 0.0949. The number of nitrogens with one attached hydrogen (secondary N) is 1. The second kappa shape index (κ2) is 5.61. The summed E-state index contributed by atoms with van der Waals surface area (Å²) in [7, 11) is 0. The van der Waals surface area contributed by atoms with E-state index in [0.717, 1.165) is 11.3 Å². The van der Waals surface area contributed by atoms with E-state index in [-0.39, 0.29) is 11.7 Å². The van der Waals surface area contributed by atoms with Crippen molar-refractivity contribution in [1.82, 2.24) is 10.3 Å². The first-order chi connectivity index (χ1) is 9.08. The van der Waals surface area contributed by atoms with E-state index in [4.69, 9.17) is 0 Å². The van der Waals surface area contributed by atoms with Crippen LogP contribution in [0.15, 0.2) is 36.5 Å². The Morgan fingerprint density at radius 3 is 2.74 bits per heavy atom. The second-order valence-electron chi connectivity index (χ2n) is 4.41. The highest BCUT2D eigenvalue weighted by molar-refractivity contribution is 5.95. The molecule has 0 aliphatic rings. The molecule has 98 valence electrons. The van der Waals surface area contributed by atoms with Crippen LogP contribution in [0, 0.1) is 19.7 Å². The van der Waals surface area contributed by atoms with Crippen molar-refractivity contribution >= 4 is 5.91 Å². The molecule has 2 aromatic rings. The van der Waals surface area contributed by atoms with Crippen molar-refractivity contribution in [2.75, 3.05) is 0 Å². The summed E-state index contributed by atoms with van der Waals surface area (Å²) >= 11 is 0. The summed E-state index contributed by atoms with van der Waals surface area (Å²) in [6, 6.07) is 7.92. The van der Waals surface area contributed by atoms with Gasteiger partial charge in [-0.25, -0.2) is 4.39 Å². The van der Waals surface area contributed by atoms with E-state index < -0.39 is 0 Å². The van der Waals surface area contributed by atoms with Gasteiger partial charge in [-0.05, 0) is 49.2 Å². The first-order valence-corrected chi connectivity index (χ1v) is 6.03. The zero-order valence-electron chi connectivity index (χ0n) is 10.9. The number of pyridine rings is 1. The normalized spacial score (nSPS) is 10.3. The number of rotatable bonds is 3. The smallest absolute Gasteiger partial charge is 0.251 e. The molecule has 0 aliphatic carbocycles. The highest BCUT2D eigenvalue weighted by Gasteiger charge is 2.10. The molecule has 0 unspecified atom stereocenters. The van der Waals surface area contributed by atoms with Gasteiger partial charge in [0.2, 0.25) is 0 Å². The molecule has 1 heterocycles. The van der Waals surface area contributed by atoms with Gasteiger partial charge in [-0.2, -0.15) is 0 Å². The van der Waals surface area contributed by atoms with Gasteiger partial charge in [0.05, 0.1) is 12.2 Å². The summed E-state index contributed by atoms with van der Waals surface area (Å²) in [6.07, 6.45) is 1.69. The van der Waals surface area contributed by atoms with Crippen LogP contribution < -0.4 is 5.32 Å². The molecule has 4 heteroatoms. The molecule has 0 bridgehead atoms. The third kappa shape index (κ3) is 3.16. The number of aryl methyl sites for hydroxylation is 2. The fourth-order valence-electron chi connectivity index (χ4n) is 1.84. The molecule has 0 fully saturated rings. The van der Waals surface area contributed by atoms with Crippen LogP contribution in [0.2, 0.25) is 0 Å². The van der Waals surface area contributed by atoms with E-state index >= 15 is 0 Å². The topological polar surface area (TPSA) is 42.0 Å². The van der Waals surface area contributed by atoms with E-state index in [9.17, 15) is 9.18 Å². The molecule has 0 spiro atoms. The SMILES string of the molecule is Cc1cc(F)ccc1C(=O)NCc1ncccc1C. The molecule has 1 aromatic heterocycles. The molecule has 1 N–H and O–H groups in total. The molecule has 0 atom stereocenters. The van der Waals surface area contributed by atoms with Crippen molar-refractivity contribution in [3.8, 4) is 0 Å². The molecule has 3 nitrogen and oxygen atoms in total. The van der Waals surface area contributed by atoms with Crippen LogP contribution in [0.1, 0.15) is 27.2 Å². The Labute approximate surface area is 111 Å². The average molecular weight is 258 g/mol. The van der Waals surface area contributed by atoms with Crippen molar-refractivity contribution in [1.29, 1.82) is 0 Å². The predicted octanol–water partition coefficient (Wildman–Crippen LogP) is 2.77. The van der Waals surface area contributed by atoms with Gasteiger partial charge in [0, 0.05) is 11.8 Å². The summed E-state index contributed by atoms with van der Waals surface area (Å²) in [5.41, 5.74) is 2.96. The van der Waals surface area contributed by atoms with E-state index in [0.29, 0.717) is 17.7 Å². The third-order valence-corrected chi connectivity index (χ3v) is 2.97. The zero-order chi connectivity index (χ0) is 13.8. The fourth-order valence-corrected chi connectivity index (χ4v) is 1.84. The molecular formula is C15H15FN2O. The summed E-state index contributed by atoms with van der Waals surface area (Å²) < 4.78 is 13.0. The minimum absolute atomic E-state index is 0.220. The molecule has 2 rings (SSSR count). The van der Waals surface area contributed by atoms with Crippen LogP contribution in [0.5, 0.6) is 0 Å². The standard InChI is InChI=1S/C15H15FN2O/c1-10-4-3-7-17-14(10)9-18-15(19)13-6-5-12(16)8-11(13)2/h3-8H,9H2,1-2H3,(H,18,19). The van der Waals surface area contributed by atoms with Gasteiger partial charge < -0.3 is 5.32 Å². The number of nitrogens with zero attached hydrogens (tertiary/aromatic N) is 1. The molecule has 0 aliphatic heterocycles. The first-order valence-electron chi connectivity index (χ1n) is 6.03. The van der Waals surface area contributed by atoms with Gasteiger partial charge in [-0.15, -0.1) is 0 Å². The summed E-state index contributed by atoms with van der Waals surface area (Å²) in [5.74, 6) is -0.558. The number of halogens is 1. The van der Waals surface area contributed by atoms with Crippen LogP contribution >= 0.6 is 0 Å². The Balaban J connectivity index is 2.08. The lowest BCUT2D eigenvalue weighted by Crippen LogP contribution is -2.24. The third-order valence-electron chi connectivity index (χ3n) is 2.97. The van der Waals surface area contributed by atoms with Crippen LogP contribution in [0.3, 0.4) is 0 Å². The van der Waals surface area contributed by atoms with Gasteiger partial charge in [0.25, 0.3) is 5.91 Å². The van der Waals surface area contributed by atoms with Crippen LogP contribution in [-0.2, 0) is 6.54 Å². The van der Waals surface area contributed by atoms with Crippen molar-refractivity contribution in [3.05, 3.63) is 64.7 Å². The molecule has 0 saturated carbocycles. The Hall–Kier alpha value is -2.23. The lowest BCUT2D eigenvalue weighted by atomic mass is 10.1. The Morgan fingerprint density at radius 1 is 1.26 bits per heavy atom. The van der Waals surface area contributed by atoms with Crippen LogP contribution in [0.4, 0.5) is 4.39 Å². The maximum Gasteiger partial charge on any atom is 0.251 e. The molecule has 1 amide bonds. The van der Waals surface area contributed by atoms with E-state index in [1.807, 2.05) is 19.1 Å². The van der Waals surface area contributed by atoms with Crippen molar-refractivity contribution < 1.29 is 9.18 Å². The number of carbonyl (C=O) groups is 1. The maximum absolute atomic E-state index is 13.0. The highest BCUT2D eigenvalue weighted by atomic mass is 19.1. The predicted molar refractivity (Wildman–Crippen MR) is 71.3 cm³/mol. The van der Waals surface area contributed by atoms with Crippen LogP contribution in [-0.4, -0.2) is 10.9 Å². The average Bonchev–Trinajstić information content (AvgIpc) is 2.37. The van der Waals surface area contributed by atoms with E-state index in [1.165, 1.54) is 18.2 Å². The van der Waals surface area contributed by atoms with Gasteiger partial charge in [0.1, 0.15) is 5.82 Å². The highest BCUT2D eigenvalue weighted by Crippen LogP contribution is 2.10. The summed E-state index contributed by atoms with van der Waals surface area (Å²) in [6.45, 7) is 4.02. The molecule has 0 radical (unpaired) electrons. The van der Waals surface area contributed by atoms with Gasteiger partial charge >= 0.3 is 0 Å². The van der Waals surface area contributed by atoms with E-state index in [1.54, 1.807) is 13.1 Å². The number of hydrogen-bond donors (Lipinski definition) is 1. The monoisotopic (exact) mass is 258 g/mol. The van der Waals surface area contributed by atoms with Crippen molar-refractivity contribution in [2.45, 2.75) is 20.4 Å². The molecule has 0 saturated heterocycles. The van der Waals surface area contributed by atoms with Crippen molar-refractivity contribution in [3.63, 3.8) is 0 Å². The lowest BCUT2D eigenvalue weighted by Gasteiger charge is -2.08. The first kappa shape index (κ1) is 13.2. The molecular weight excluding hydrogens is 243 g/mol. The Morgan fingerprint density at radius 2 is 2.05 bits per heavy atom. The number of aromatic nitrogens is 1. The Bertz CT molecular complexity index is 611. The zero-order valence-corrected chi connectivity index (χ0v) is 10.9. The van der Waals surface area contributed by atoms with Gasteiger partial charge in [0.15, 0.2) is 0 Å². The van der Waals surface area contributed by atoms with Crippen molar-refractivity contribution in [2.24, 2.45) is 0 Å².